The van der Waals surface area contributed by atoms with Crippen LogP contribution in [0.5, 0.6) is 5.75 Å². The quantitative estimate of drug-likeness (QED) is 0.0996. The second-order valence-corrected chi connectivity index (χ2v) is 21.1. The number of amides is 7. The van der Waals surface area contributed by atoms with Crippen molar-refractivity contribution in [1.29, 1.82) is 0 Å². The molecule has 7 amide bonds. The highest BCUT2D eigenvalue weighted by Gasteiger charge is 2.47. The number of likely N-dealkylation sites (N-methyl/N-ethyl adjacent to an activating group) is 5. The minimum Gasteiger partial charge on any atom is -0.497 e. The number of rotatable bonds is 23. The molecule has 2 aliphatic heterocycles. The molecule has 2 aliphatic rings. The lowest BCUT2D eigenvalue weighted by Gasteiger charge is -2.41. The Balaban J connectivity index is 1.55. The molecule has 1 aromatic heterocycles. The van der Waals surface area contributed by atoms with Crippen LogP contribution in [0.1, 0.15) is 123 Å². The van der Waals surface area contributed by atoms with Gasteiger partial charge in [0.25, 0.3) is 0 Å². The molecule has 7 unspecified atom stereocenters. The van der Waals surface area contributed by atoms with E-state index in [0.29, 0.717) is 38.0 Å². The van der Waals surface area contributed by atoms with Crippen molar-refractivity contribution in [3.63, 3.8) is 0 Å². The second kappa shape index (κ2) is 26.1. The summed E-state index contributed by atoms with van der Waals surface area (Å²) in [6, 6.07) is 1.64. The number of aromatic nitrogens is 1. The predicted octanol–water partition coefficient (Wildman–Crippen LogP) is 5.76. The van der Waals surface area contributed by atoms with Gasteiger partial charge in [0.15, 0.2) is 0 Å². The summed E-state index contributed by atoms with van der Waals surface area (Å²) in [4.78, 5) is 116. The summed E-state index contributed by atoms with van der Waals surface area (Å²) in [5.41, 5.74) is 0.833. The molecule has 1 aromatic carbocycles. The predicted molar refractivity (Wildman–Crippen MR) is 272 cm³/mol. The van der Waals surface area contributed by atoms with Gasteiger partial charge in [0.1, 0.15) is 47.0 Å². The molecule has 0 bridgehead atoms. The Hall–Kier alpha value is -5.50. The van der Waals surface area contributed by atoms with Crippen LogP contribution in [0, 0.1) is 30.1 Å². The number of unbranched alkanes of at least 4 members (excludes halogenated alkanes) is 3. The largest absolute Gasteiger partial charge is 0.497 e. The van der Waals surface area contributed by atoms with Gasteiger partial charge < -0.3 is 39.0 Å². The molecular weight excluding hydrogens is 909 g/mol. The van der Waals surface area contributed by atoms with Gasteiger partial charge in [0, 0.05) is 79.2 Å². The number of benzene rings is 1. The van der Waals surface area contributed by atoms with E-state index in [2.05, 4.69) is 10.9 Å². The van der Waals surface area contributed by atoms with E-state index < -0.39 is 65.8 Å². The maximum absolute atomic E-state index is 15.0. The van der Waals surface area contributed by atoms with E-state index in [0.717, 1.165) is 36.3 Å². The molecule has 0 aliphatic carbocycles. The molecule has 17 heteroatoms. The SMILES string of the molecule is C#CCCCCCC(=O)N(C)C(C)C(=O)N(C)C(C(=O)N1CCCC1C(=O)N(C)C(C(=O)N(C)C(C(=O)N(C)C(Cc1ccc(OC)cc1)C(=O)N1CCCC1c1nccs1)C(C)C)C(C)C)C(C)C. The van der Waals surface area contributed by atoms with Crippen molar-refractivity contribution in [2.45, 2.75) is 155 Å². The highest BCUT2D eigenvalue weighted by Crippen LogP contribution is 2.35. The summed E-state index contributed by atoms with van der Waals surface area (Å²) in [6.07, 6.45) is 13.0. The smallest absolute Gasteiger partial charge is 0.246 e. The minimum atomic E-state index is -1.01. The van der Waals surface area contributed by atoms with E-state index >= 15 is 0 Å². The minimum absolute atomic E-state index is 0.172. The molecule has 0 radical (unpaired) electrons. The number of carbonyl (C=O) groups is 7. The topological polar surface area (TPSA) is 164 Å². The lowest BCUT2D eigenvalue weighted by Crippen LogP contribution is -2.62. The molecule has 70 heavy (non-hydrogen) atoms. The third kappa shape index (κ3) is 13.5. The van der Waals surface area contributed by atoms with Crippen LogP contribution in [0.2, 0.25) is 0 Å². The fourth-order valence-corrected chi connectivity index (χ4v) is 10.9. The van der Waals surface area contributed by atoms with Crippen molar-refractivity contribution in [2.24, 2.45) is 17.8 Å². The number of terminal acetylenes is 1. The van der Waals surface area contributed by atoms with Crippen LogP contribution in [0.4, 0.5) is 0 Å². The van der Waals surface area contributed by atoms with Gasteiger partial charge in [-0.15, -0.1) is 23.7 Å². The zero-order valence-corrected chi connectivity index (χ0v) is 44.9. The van der Waals surface area contributed by atoms with Gasteiger partial charge in [-0.3, -0.25) is 33.6 Å². The molecule has 0 saturated carbocycles. The lowest BCUT2D eigenvalue weighted by molar-refractivity contribution is -0.158. The molecular formula is C53H80N8O8S. The van der Waals surface area contributed by atoms with Crippen molar-refractivity contribution in [1.82, 2.24) is 39.3 Å². The van der Waals surface area contributed by atoms with E-state index in [9.17, 15) is 33.6 Å². The third-order valence-corrected chi connectivity index (χ3v) is 15.1. The zero-order valence-electron chi connectivity index (χ0n) is 44.1. The molecule has 16 nitrogen and oxygen atoms in total. The second-order valence-electron chi connectivity index (χ2n) is 20.1. The summed E-state index contributed by atoms with van der Waals surface area (Å²) in [5, 5.41) is 2.74. The van der Waals surface area contributed by atoms with Crippen LogP contribution in [0.25, 0.3) is 0 Å². The first-order valence-electron chi connectivity index (χ1n) is 25.0. The average molecular weight is 989 g/mol. The number of nitrogens with zero attached hydrogens (tertiary/aromatic N) is 8. The van der Waals surface area contributed by atoms with Crippen molar-refractivity contribution in [2.75, 3.05) is 55.4 Å². The first kappa shape index (κ1) is 57.1. The Morgan fingerprint density at radius 1 is 0.714 bits per heavy atom. The van der Waals surface area contributed by atoms with Gasteiger partial charge in [0.2, 0.25) is 41.4 Å². The molecule has 0 N–H and O–H groups in total. The van der Waals surface area contributed by atoms with Gasteiger partial charge in [-0.25, -0.2) is 4.98 Å². The summed E-state index contributed by atoms with van der Waals surface area (Å²) >= 11 is 1.50. The molecule has 7 atom stereocenters. The van der Waals surface area contributed by atoms with Gasteiger partial charge in [0.05, 0.1) is 13.2 Å². The monoisotopic (exact) mass is 989 g/mol. The Labute approximate surface area is 421 Å². The average Bonchev–Trinajstić information content (AvgIpc) is 4.15. The number of methoxy groups -OCH3 is 1. The molecule has 2 aromatic rings. The van der Waals surface area contributed by atoms with E-state index in [4.69, 9.17) is 11.2 Å². The highest BCUT2D eigenvalue weighted by molar-refractivity contribution is 7.09. The van der Waals surface area contributed by atoms with Crippen LogP contribution in [0.15, 0.2) is 35.8 Å². The van der Waals surface area contributed by atoms with E-state index in [1.165, 1.54) is 40.7 Å². The maximum Gasteiger partial charge on any atom is 0.246 e. The Morgan fingerprint density at radius 2 is 1.29 bits per heavy atom. The van der Waals surface area contributed by atoms with Crippen molar-refractivity contribution < 1.29 is 38.3 Å². The first-order valence-corrected chi connectivity index (χ1v) is 25.9. The standard InChI is InChI=1S/C53H80N8O8S/c1-15-16-17-18-19-24-43(62)55(9)37(8)48(63)57(11)46(36(6)7)53(68)61-31-21-23-41(61)49(64)58(12)45(35(4)5)52(67)59(13)44(34(2)3)51(66)56(10)42(33-38-25-27-39(69-14)28-26-38)50(65)60-30-20-22-40(60)47-54-29-32-70-47/h1,25-29,32,34-37,40-42,44-46H,16-24,30-31,33H2,2-14H3. The normalized spacial score (nSPS) is 17.9. The Morgan fingerprint density at radius 3 is 1.86 bits per heavy atom. The first-order chi connectivity index (χ1) is 33.1. The van der Waals surface area contributed by atoms with Crippen LogP contribution in [0.3, 0.4) is 0 Å². The summed E-state index contributed by atoms with van der Waals surface area (Å²) in [7, 11) is 9.50. The van der Waals surface area contributed by atoms with Crippen LogP contribution < -0.4 is 4.74 Å². The molecule has 2 saturated heterocycles. The summed E-state index contributed by atoms with van der Waals surface area (Å²) in [6.45, 7) is 13.5. The lowest BCUT2D eigenvalue weighted by atomic mass is 9.95. The molecule has 386 valence electrons. The molecule has 0 spiro atoms. The van der Waals surface area contributed by atoms with Crippen molar-refractivity contribution >= 4 is 52.7 Å². The Bertz CT molecular complexity index is 2140. The molecule has 3 heterocycles. The van der Waals surface area contributed by atoms with Crippen LogP contribution in [-0.4, -0.2) is 172 Å². The fourth-order valence-electron chi connectivity index (χ4n) is 10.2. The number of carbonyl (C=O) groups excluding carboxylic acids is 7. The van der Waals surface area contributed by atoms with Crippen LogP contribution >= 0.6 is 11.3 Å². The number of thiazole rings is 1. The number of hydrogen-bond donors (Lipinski definition) is 0. The van der Waals surface area contributed by atoms with Gasteiger partial charge >= 0.3 is 0 Å². The fraction of sp³-hybridized carbons (Fsp3) is 0.660. The van der Waals surface area contributed by atoms with Crippen LogP contribution in [-0.2, 0) is 40.0 Å². The van der Waals surface area contributed by atoms with Gasteiger partial charge in [-0.2, -0.15) is 0 Å². The van der Waals surface area contributed by atoms with E-state index in [1.807, 2.05) is 76.1 Å². The highest BCUT2D eigenvalue weighted by atomic mass is 32.1. The van der Waals surface area contributed by atoms with E-state index in [-0.39, 0.29) is 55.0 Å². The Kier molecular flexibility index (Phi) is 21.3. The summed E-state index contributed by atoms with van der Waals surface area (Å²) < 4.78 is 5.38. The number of likely N-dealkylation sites (tertiary alicyclic amines) is 2. The number of hydrogen-bond acceptors (Lipinski definition) is 10. The molecule has 2 fully saturated rings. The molecule has 4 rings (SSSR count). The van der Waals surface area contributed by atoms with Crippen molar-refractivity contribution in [3.8, 4) is 18.1 Å². The van der Waals surface area contributed by atoms with E-state index in [1.54, 1.807) is 55.5 Å². The van der Waals surface area contributed by atoms with Gasteiger partial charge in [-0.05, 0) is 80.9 Å². The maximum atomic E-state index is 15.0. The van der Waals surface area contributed by atoms with Crippen molar-refractivity contribution in [3.05, 3.63) is 46.4 Å². The summed E-state index contributed by atoms with van der Waals surface area (Å²) in [5.74, 6) is -0.268. The third-order valence-electron chi connectivity index (χ3n) is 14.3. The zero-order chi connectivity index (χ0) is 52.1. The van der Waals surface area contributed by atoms with Gasteiger partial charge in [-0.1, -0.05) is 60.1 Å². The number of ether oxygens (including phenoxy) is 1.